The number of amides is 2. The number of ether oxygens (including phenoxy) is 1. The van der Waals surface area contributed by atoms with Crippen LogP contribution < -0.4 is 33.2 Å². The summed E-state index contributed by atoms with van der Waals surface area (Å²) < 4.78 is 4.89. The van der Waals surface area contributed by atoms with Crippen molar-refractivity contribution >= 4 is 74.1 Å². The summed E-state index contributed by atoms with van der Waals surface area (Å²) in [7, 11) is 1.24. The molecular weight excluding hydrogens is 636 g/mol. The second-order valence-corrected chi connectivity index (χ2v) is 11.4. The van der Waals surface area contributed by atoms with Gasteiger partial charge < -0.3 is 37.9 Å². The minimum atomic E-state index is -0.933. The van der Waals surface area contributed by atoms with E-state index in [0.717, 1.165) is 5.56 Å². The van der Waals surface area contributed by atoms with Gasteiger partial charge in [-0.15, -0.1) is 21.5 Å². The van der Waals surface area contributed by atoms with Gasteiger partial charge in [-0.3, -0.25) is 9.59 Å². The number of hydrogen-bond acceptors (Lipinski definition) is 14. The molecule has 0 bridgehead atoms. The van der Waals surface area contributed by atoms with Crippen molar-refractivity contribution in [3.8, 4) is 11.4 Å². The van der Waals surface area contributed by atoms with E-state index < -0.39 is 17.9 Å². The molecule has 0 radical (unpaired) electrons. The molecule has 1 unspecified atom stereocenters. The van der Waals surface area contributed by atoms with Crippen molar-refractivity contribution in [2.45, 2.75) is 25.4 Å². The number of esters is 1. The Morgan fingerprint density at radius 3 is 2.65 bits per heavy atom. The van der Waals surface area contributed by atoms with Crippen LogP contribution in [0.2, 0.25) is 5.02 Å². The molecule has 0 spiro atoms. The van der Waals surface area contributed by atoms with Gasteiger partial charge in [0.05, 0.1) is 38.5 Å². The number of H-pyrrole nitrogens is 1. The summed E-state index contributed by atoms with van der Waals surface area (Å²) in [6, 6.07) is 10.7. The van der Waals surface area contributed by atoms with Crippen LogP contribution in [0.3, 0.4) is 0 Å². The van der Waals surface area contributed by atoms with Gasteiger partial charge in [0.25, 0.3) is 11.8 Å². The Morgan fingerprint density at radius 2 is 1.89 bits per heavy atom. The highest BCUT2D eigenvalue weighted by Gasteiger charge is 2.23. The molecule has 3 heterocycles. The zero-order chi connectivity index (χ0) is 32.8. The maximum Gasteiger partial charge on any atom is 0.328 e. The molecule has 2 amide bonds. The number of nitrogens with one attached hydrogen (secondary N) is 4. The number of nitrogens with two attached hydrogens (primary N) is 3. The number of methoxy groups -OCH3 is 1. The Hall–Kier alpha value is -5.55. The molecule has 3 aromatic heterocycles. The number of fused-ring (bicyclic) bond motifs is 1. The SMILES string of the molecule is COC(=O)C(CCCNC(=O)c1ccc(N)cc1-c1nn[nH]n1)NC(=O)c1ccc(NCc2ccc3nc(N)nc(N)c3c2Cl)s1. The number of aromatic nitrogens is 6. The number of carbonyl (C=O) groups excluding carboxylic acids is 3. The van der Waals surface area contributed by atoms with E-state index in [4.69, 9.17) is 33.5 Å². The van der Waals surface area contributed by atoms with Crippen molar-refractivity contribution in [2.75, 3.05) is 36.2 Å². The largest absolute Gasteiger partial charge is 0.467 e. The second kappa shape index (κ2) is 14.0. The van der Waals surface area contributed by atoms with Gasteiger partial charge in [0.2, 0.25) is 11.8 Å². The normalized spacial score (nSPS) is 11.6. The summed E-state index contributed by atoms with van der Waals surface area (Å²) >= 11 is 7.77. The highest BCUT2D eigenvalue weighted by molar-refractivity contribution is 7.17. The Kier molecular flexibility index (Phi) is 9.73. The topological polar surface area (TPSA) is 255 Å². The molecule has 5 rings (SSSR count). The van der Waals surface area contributed by atoms with Crippen LogP contribution in [0.15, 0.2) is 42.5 Å². The Morgan fingerprint density at radius 1 is 1.07 bits per heavy atom. The zero-order valence-electron chi connectivity index (χ0n) is 24.3. The van der Waals surface area contributed by atoms with Crippen LogP contribution in [-0.2, 0) is 16.1 Å². The quantitative estimate of drug-likeness (QED) is 0.0575. The number of hydrogen-bond donors (Lipinski definition) is 7. The first-order valence-electron chi connectivity index (χ1n) is 13.8. The molecule has 0 aliphatic rings. The fourth-order valence-corrected chi connectivity index (χ4v) is 5.72. The van der Waals surface area contributed by atoms with Gasteiger partial charge in [-0.25, -0.2) is 9.78 Å². The Bertz CT molecular complexity index is 1900. The lowest BCUT2D eigenvalue weighted by Crippen LogP contribution is -2.41. The van der Waals surface area contributed by atoms with E-state index in [0.29, 0.717) is 55.6 Å². The summed E-state index contributed by atoms with van der Waals surface area (Å²) in [6.07, 6.45) is 0.581. The van der Waals surface area contributed by atoms with Gasteiger partial charge in [0, 0.05) is 24.3 Å². The zero-order valence-corrected chi connectivity index (χ0v) is 25.9. The Labute approximate surface area is 270 Å². The first kappa shape index (κ1) is 31.9. The third kappa shape index (κ3) is 7.22. The summed E-state index contributed by atoms with van der Waals surface area (Å²) in [6.45, 7) is 0.553. The average Bonchev–Trinajstić information content (AvgIpc) is 3.74. The van der Waals surface area contributed by atoms with E-state index in [1.165, 1.54) is 18.4 Å². The van der Waals surface area contributed by atoms with Gasteiger partial charge in [0.1, 0.15) is 11.9 Å². The fraction of sp³-hybridized carbons (Fsp3) is 0.214. The van der Waals surface area contributed by atoms with Crippen LogP contribution in [0.4, 0.5) is 22.5 Å². The monoisotopic (exact) mass is 664 g/mol. The molecule has 0 saturated carbocycles. The summed E-state index contributed by atoms with van der Waals surface area (Å²) in [5.74, 6) is -0.976. The molecule has 16 nitrogen and oxygen atoms in total. The van der Waals surface area contributed by atoms with E-state index in [1.807, 2.05) is 0 Å². The number of halogens is 1. The van der Waals surface area contributed by atoms with Crippen molar-refractivity contribution in [3.63, 3.8) is 0 Å². The molecular formula is C28H29ClN12O4S. The standard InChI is InChI=1S/C28H29ClN12O4S/c1-45-27(44)18(3-2-10-33-25(42)15-6-5-14(30)11-16(15)24-38-40-41-39-24)35-26(43)19-8-9-20(46-19)34-12-13-4-7-17-21(22(13)29)23(31)37-28(32)36-17/h4-9,11,18,34H,2-3,10,12,30H2,1H3,(H,33,42)(H,35,43)(H4,31,32,36,37)(H,38,39,40,41). The number of anilines is 4. The third-order valence-corrected chi connectivity index (χ3v) is 8.30. The number of thiophene rings is 1. The molecule has 0 fully saturated rings. The summed E-state index contributed by atoms with van der Waals surface area (Å²) in [5, 5.41) is 24.1. The number of rotatable bonds is 12. The molecule has 0 aliphatic heterocycles. The van der Waals surface area contributed by atoms with Crippen LogP contribution in [0, 0.1) is 0 Å². The van der Waals surface area contributed by atoms with E-state index in [1.54, 1.807) is 42.5 Å². The van der Waals surface area contributed by atoms with E-state index in [9.17, 15) is 14.4 Å². The number of carbonyl (C=O) groups is 3. The molecule has 0 saturated heterocycles. The predicted molar refractivity (Wildman–Crippen MR) is 174 cm³/mol. The van der Waals surface area contributed by atoms with Gasteiger partial charge in [-0.2, -0.15) is 10.2 Å². The molecule has 5 aromatic rings. The maximum absolute atomic E-state index is 13.0. The van der Waals surface area contributed by atoms with Crippen molar-refractivity contribution in [1.29, 1.82) is 0 Å². The number of benzene rings is 2. The predicted octanol–water partition coefficient (Wildman–Crippen LogP) is 2.37. The van der Waals surface area contributed by atoms with E-state index in [2.05, 4.69) is 46.5 Å². The third-order valence-electron chi connectivity index (χ3n) is 6.83. The molecule has 10 N–H and O–H groups in total. The van der Waals surface area contributed by atoms with Gasteiger partial charge in [-0.1, -0.05) is 17.7 Å². The van der Waals surface area contributed by atoms with Gasteiger partial charge in [0.15, 0.2) is 0 Å². The molecule has 18 heteroatoms. The molecule has 238 valence electrons. The van der Waals surface area contributed by atoms with Crippen LogP contribution in [0.25, 0.3) is 22.3 Å². The molecule has 1 atom stereocenters. The van der Waals surface area contributed by atoms with Crippen LogP contribution in [0.5, 0.6) is 0 Å². The van der Waals surface area contributed by atoms with Crippen LogP contribution in [0.1, 0.15) is 38.4 Å². The smallest absolute Gasteiger partial charge is 0.328 e. The van der Waals surface area contributed by atoms with E-state index >= 15 is 0 Å². The van der Waals surface area contributed by atoms with Crippen molar-refractivity contribution < 1.29 is 19.1 Å². The van der Waals surface area contributed by atoms with E-state index in [-0.39, 0.29) is 36.5 Å². The molecule has 2 aromatic carbocycles. The first-order chi connectivity index (χ1) is 22.1. The number of nitrogens with zero attached hydrogens (tertiary/aromatic N) is 5. The molecule has 46 heavy (non-hydrogen) atoms. The lowest BCUT2D eigenvalue weighted by molar-refractivity contribution is -0.143. The maximum atomic E-state index is 13.0. The second-order valence-electron chi connectivity index (χ2n) is 9.91. The van der Waals surface area contributed by atoms with Crippen molar-refractivity contribution in [3.05, 3.63) is 63.5 Å². The summed E-state index contributed by atoms with van der Waals surface area (Å²) in [5.41, 5.74) is 20.0. The molecule has 0 aliphatic carbocycles. The van der Waals surface area contributed by atoms with Crippen molar-refractivity contribution in [2.24, 2.45) is 0 Å². The van der Waals surface area contributed by atoms with Gasteiger partial charge >= 0.3 is 5.97 Å². The number of aromatic amines is 1. The minimum absolute atomic E-state index is 0.0585. The van der Waals surface area contributed by atoms with Crippen molar-refractivity contribution in [1.82, 2.24) is 41.2 Å². The van der Waals surface area contributed by atoms with Gasteiger partial charge in [-0.05, 0) is 60.0 Å². The highest BCUT2D eigenvalue weighted by Crippen LogP contribution is 2.31. The Balaban J connectivity index is 1.15. The number of nitrogen functional groups attached to an aromatic ring is 3. The average molecular weight is 665 g/mol. The lowest BCUT2D eigenvalue weighted by atomic mass is 10.0. The minimum Gasteiger partial charge on any atom is -0.467 e. The van der Waals surface area contributed by atoms with Crippen LogP contribution >= 0.6 is 22.9 Å². The van der Waals surface area contributed by atoms with Crippen LogP contribution in [-0.4, -0.2) is 68.1 Å². The fourth-order valence-electron chi connectivity index (χ4n) is 4.59. The highest BCUT2D eigenvalue weighted by atomic mass is 35.5. The first-order valence-corrected chi connectivity index (χ1v) is 15.0. The number of tetrazole rings is 1. The lowest BCUT2D eigenvalue weighted by Gasteiger charge is -2.16. The summed E-state index contributed by atoms with van der Waals surface area (Å²) in [4.78, 5) is 46.9.